The molecule has 0 fully saturated rings. The number of aryl methyl sites for hydroxylation is 1. The number of alkyl halides is 1. The maximum Gasteiger partial charge on any atom is 0.142 e. The lowest BCUT2D eigenvalue weighted by molar-refractivity contribution is 0.625. The highest BCUT2D eigenvalue weighted by molar-refractivity contribution is 6.30. The van der Waals surface area contributed by atoms with Gasteiger partial charge < -0.3 is 0 Å². The van der Waals surface area contributed by atoms with E-state index in [1.807, 2.05) is 19.1 Å². The molecular formula is C14H12Cl2FN. The molecule has 2 aromatic rings. The second-order valence-corrected chi connectivity index (χ2v) is 5.05. The lowest BCUT2D eigenvalue weighted by atomic mass is 10.0. The summed E-state index contributed by atoms with van der Waals surface area (Å²) in [4.78, 5) is 4.28. The van der Waals surface area contributed by atoms with E-state index in [1.54, 1.807) is 12.3 Å². The Morgan fingerprint density at radius 1 is 1.33 bits per heavy atom. The number of rotatable bonds is 3. The molecule has 4 heteroatoms. The Hall–Kier alpha value is -1.12. The van der Waals surface area contributed by atoms with Crippen LogP contribution in [0.4, 0.5) is 4.39 Å². The van der Waals surface area contributed by atoms with Crippen molar-refractivity contribution >= 4 is 23.2 Å². The molecule has 0 N–H and O–H groups in total. The van der Waals surface area contributed by atoms with Crippen molar-refractivity contribution in [1.82, 2.24) is 4.98 Å². The van der Waals surface area contributed by atoms with Crippen LogP contribution in [0.3, 0.4) is 0 Å². The number of pyridine rings is 1. The van der Waals surface area contributed by atoms with Crippen LogP contribution in [-0.2, 0) is 6.42 Å². The molecule has 0 aliphatic carbocycles. The van der Waals surface area contributed by atoms with Crippen molar-refractivity contribution in [3.05, 3.63) is 64.2 Å². The summed E-state index contributed by atoms with van der Waals surface area (Å²) in [5.74, 6) is -0.447. The Morgan fingerprint density at radius 2 is 2.11 bits per heavy atom. The number of nitrogens with zero attached hydrogens (tertiary/aromatic N) is 1. The van der Waals surface area contributed by atoms with Crippen molar-refractivity contribution in [3.63, 3.8) is 0 Å². The largest absolute Gasteiger partial charge is 0.261 e. The number of benzene rings is 1. The first-order valence-corrected chi connectivity index (χ1v) is 6.39. The van der Waals surface area contributed by atoms with Crippen molar-refractivity contribution in [3.8, 4) is 0 Å². The normalized spacial score (nSPS) is 12.4. The molecule has 0 bridgehead atoms. The zero-order valence-corrected chi connectivity index (χ0v) is 11.3. The average molecular weight is 284 g/mol. The first-order chi connectivity index (χ1) is 8.58. The fraction of sp³-hybridized carbons (Fsp3) is 0.214. The highest BCUT2D eigenvalue weighted by Crippen LogP contribution is 2.27. The van der Waals surface area contributed by atoms with E-state index in [4.69, 9.17) is 23.2 Å². The Labute approximate surface area is 116 Å². The topological polar surface area (TPSA) is 12.9 Å². The van der Waals surface area contributed by atoms with Gasteiger partial charge in [-0.2, -0.15) is 0 Å². The van der Waals surface area contributed by atoms with E-state index >= 15 is 0 Å². The fourth-order valence-corrected chi connectivity index (χ4v) is 2.13. The average Bonchev–Trinajstić information content (AvgIpc) is 2.35. The molecule has 0 saturated heterocycles. The van der Waals surface area contributed by atoms with Gasteiger partial charge in [0.05, 0.1) is 10.4 Å². The molecule has 1 nitrogen and oxygen atoms in total. The standard InChI is InChI=1S/C14H12Cl2FN/c1-9-3-2-6-18-14(9)8-12(16)10-4-5-11(15)13(17)7-10/h2-7,12H,8H2,1H3. The smallest absolute Gasteiger partial charge is 0.142 e. The zero-order valence-electron chi connectivity index (χ0n) is 9.83. The minimum atomic E-state index is -0.447. The molecule has 18 heavy (non-hydrogen) atoms. The summed E-state index contributed by atoms with van der Waals surface area (Å²) >= 11 is 11.9. The third kappa shape index (κ3) is 3.01. The molecule has 2 rings (SSSR count). The van der Waals surface area contributed by atoms with Gasteiger partial charge in [0.2, 0.25) is 0 Å². The van der Waals surface area contributed by atoms with Crippen molar-refractivity contribution in [2.24, 2.45) is 0 Å². The molecular weight excluding hydrogens is 272 g/mol. The van der Waals surface area contributed by atoms with Crippen LogP contribution in [-0.4, -0.2) is 4.98 Å². The van der Waals surface area contributed by atoms with Gasteiger partial charge in [0.25, 0.3) is 0 Å². The van der Waals surface area contributed by atoms with Gasteiger partial charge in [0.1, 0.15) is 5.82 Å². The lowest BCUT2D eigenvalue weighted by Crippen LogP contribution is -2.01. The molecule has 1 heterocycles. The number of hydrogen-bond donors (Lipinski definition) is 0. The molecule has 0 radical (unpaired) electrons. The summed E-state index contributed by atoms with van der Waals surface area (Å²) in [5.41, 5.74) is 2.72. The summed E-state index contributed by atoms with van der Waals surface area (Å²) in [6.07, 6.45) is 2.30. The molecule has 0 aliphatic heterocycles. The van der Waals surface area contributed by atoms with Crippen LogP contribution in [0.5, 0.6) is 0 Å². The number of hydrogen-bond acceptors (Lipinski definition) is 1. The van der Waals surface area contributed by atoms with Gasteiger partial charge in [-0.15, -0.1) is 11.6 Å². The summed E-state index contributed by atoms with van der Waals surface area (Å²) in [6.45, 7) is 1.98. The second kappa shape index (κ2) is 5.68. The maximum absolute atomic E-state index is 13.4. The van der Waals surface area contributed by atoms with Gasteiger partial charge in [-0.05, 0) is 36.2 Å². The van der Waals surface area contributed by atoms with E-state index < -0.39 is 5.82 Å². The maximum atomic E-state index is 13.4. The minimum Gasteiger partial charge on any atom is -0.261 e. The van der Waals surface area contributed by atoms with Crippen LogP contribution in [0.2, 0.25) is 5.02 Å². The van der Waals surface area contributed by atoms with Crippen molar-refractivity contribution < 1.29 is 4.39 Å². The third-order valence-corrected chi connectivity index (χ3v) is 3.51. The van der Waals surface area contributed by atoms with Gasteiger partial charge in [0, 0.05) is 18.3 Å². The number of halogens is 3. The van der Waals surface area contributed by atoms with Crippen molar-refractivity contribution in [2.45, 2.75) is 18.7 Å². The summed E-state index contributed by atoms with van der Waals surface area (Å²) in [5, 5.41) is -0.206. The van der Waals surface area contributed by atoms with E-state index in [1.165, 1.54) is 12.1 Å². The van der Waals surface area contributed by atoms with Crippen LogP contribution in [0, 0.1) is 12.7 Å². The summed E-state index contributed by atoms with van der Waals surface area (Å²) in [6, 6.07) is 8.49. The first kappa shape index (κ1) is 13.3. The Balaban J connectivity index is 2.19. The lowest BCUT2D eigenvalue weighted by Gasteiger charge is -2.11. The van der Waals surface area contributed by atoms with Gasteiger partial charge in [-0.3, -0.25) is 4.98 Å². The van der Waals surface area contributed by atoms with E-state index in [0.717, 1.165) is 11.3 Å². The SMILES string of the molecule is Cc1cccnc1CC(Cl)c1ccc(Cl)c(F)c1. The Morgan fingerprint density at radius 3 is 2.78 bits per heavy atom. The molecule has 1 unspecified atom stereocenters. The number of aromatic nitrogens is 1. The first-order valence-electron chi connectivity index (χ1n) is 5.57. The molecule has 0 spiro atoms. The van der Waals surface area contributed by atoms with Gasteiger partial charge >= 0.3 is 0 Å². The Bertz CT molecular complexity index is 557. The van der Waals surface area contributed by atoms with Crippen LogP contribution >= 0.6 is 23.2 Å². The van der Waals surface area contributed by atoms with Crippen LogP contribution in [0.25, 0.3) is 0 Å². The quantitative estimate of drug-likeness (QED) is 0.744. The second-order valence-electron chi connectivity index (χ2n) is 4.11. The molecule has 0 aliphatic rings. The minimum absolute atomic E-state index is 0.108. The monoisotopic (exact) mass is 283 g/mol. The van der Waals surface area contributed by atoms with Crippen LogP contribution in [0.15, 0.2) is 36.5 Å². The highest BCUT2D eigenvalue weighted by Gasteiger charge is 2.13. The predicted molar refractivity (Wildman–Crippen MR) is 72.7 cm³/mol. The van der Waals surface area contributed by atoms with E-state index in [2.05, 4.69) is 4.98 Å². The fourth-order valence-electron chi connectivity index (χ4n) is 1.73. The Kier molecular flexibility index (Phi) is 4.20. The van der Waals surface area contributed by atoms with Gasteiger partial charge in [-0.1, -0.05) is 23.7 Å². The molecule has 94 valence electrons. The summed E-state index contributed by atoms with van der Waals surface area (Å²) in [7, 11) is 0. The van der Waals surface area contributed by atoms with Crippen molar-refractivity contribution in [2.75, 3.05) is 0 Å². The predicted octanol–water partition coefficient (Wildman–Crippen LogP) is 4.71. The third-order valence-electron chi connectivity index (χ3n) is 2.80. The van der Waals surface area contributed by atoms with E-state index in [9.17, 15) is 4.39 Å². The van der Waals surface area contributed by atoms with Crippen LogP contribution in [0.1, 0.15) is 22.2 Å². The van der Waals surface area contributed by atoms with Gasteiger partial charge in [-0.25, -0.2) is 4.39 Å². The molecule has 0 saturated carbocycles. The molecule has 1 aromatic heterocycles. The summed E-state index contributed by atoms with van der Waals surface area (Å²) < 4.78 is 13.4. The van der Waals surface area contributed by atoms with Gasteiger partial charge in [0.15, 0.2) is 0 Å². The van der Waals surface area contributed by atoms with E-state index in [0.29, 0.717) is 12.0 Å². The van der Waals surface area contributed by atoms with E-state index in [-0.39, 0.29) is 10.4 Å². The van der Waals surface area contributed by atoms with Crippen molar-refractivity contribution in [1.29, 1.82) is 0 Å². The molecule has 1 aromatic carbocycles. The van der Waals surface area contributed by atoms with Crippen LogP contribution < -0.4 is 0 Å². The molecule has 0 amide bonds. The highest BCUT2D eigenvalue weighted by atomic mass is 35.5. The molecule has 1 atom stereocenters. The zero-order chi connectivity index (χ0) is 13.1.